The molecule has 0 bridgehead atoms. The van der Waals surface area contributed by atoms with E-state index in [0.717, 1.165) is 16.7 Å². The first-order valence-corrected chi connectivity index (χ1v) is 5.32. The first kappa shape index (κ1) is 13.4. The Morgan fingerprint density at radius 1 is 1.38 bits per heavy atom. The highest BCUT2D eigenvalue weighted by Crippen LogP contribution is 2.27. The average Bonchev–Trinajstić information content (AvgIpc) is 2.15. The molecule has 16 heavy (non-hydrogen) atoms. The van der Waals surface area contributed by atoms with Crippen LogP contribution in [0.4, 0.5) is 8.78 Å². The maximum atomic E-state index is 13.0. The third-order valence-corrected chi connectivity index (χ3v) is 2.91. The fraction of sp³-hybridized carbons (Fsp3) is 0.455. The first-order valence-electron chi connectivity index (χ1n) is 4.94. The van der Waals surface area contributed by atoms with E-state index in [0.29, 0.717) is 0 Å². The normalized spacial score (nSPS) is 13.9. The van der Waals surface area contributed by atoms with Gasteiger partial charge in [0.1, 0.15) is 6.04 Å². The molecule has 0 aliphatic heterocycles. The Morgan fingerprint density at radius 3 is 2.25 bits per heavy atom. The van der Waals surface area contributed by atoms with Crippen LogP contribution in [0.15, 0.2) is 18.2 Å². The van der Waals surface area contributed by atoms with Gasteiger partial charge in [-0.2, -0.15) is 8.78 Å². The van der Waals surface area contributed by atoms with Crippen LogP contribution in [-0.2, 0) is 6.42 Å². The third kappa shape index (κ3) is 3.14. The first-order chi connectivity index (χ1) is 7.36. The van der Waals surface area contributed by atoms with E-state index in [1.165, 1.54) is 0 Å². The van der Waals surface area contributed by atoms with E-state index >= 15 is 0 Å². The van der Waals surface area contributed by atoms with E-state index in [1.54, 1.807) is 0 Å². The summed E-state index contributed by atoms with van der Waals surface area (Å²) < 4.78 is 25.9. The number of hydrogen-bond donors (Lipinski definition) is 2. The predicted octanol–water partition coefficient (Wildman–Crippen LogP) is 2.51. The molecule has 1 aromatic rings. The number of benzene rings is 1. The number of nitrogens with one attached hydrogen (secondary N) is 1. The molecule has 3 N–H and O–H groups in total. The standard InChI is InChI=1S/C11H15ClF2N2/c1-7-4-3-5-8(2)9(7)6-10(16-15)11(12,13)14/h3-5,10,16H,6,15H2,1-2H3. The second-order valence-corrected chi connectivity index (χ2v) is 4.34. The van der Waals surface area contributed by atoms with Gasteiger partial charge < -0.3 is 0 Å². The van der Waals surface area contributed by atoms with Gasteiger partial charge in [-0.05, 0) is 48.6 Å². The topological polar surface area (TPSA) is 38.0 Å². The molecule has 5 heteroatoms. The number of nitrogens with two attached hydrogens (primary N) is 1. The number of hydrogen-bond acceptors (Lipinski definition) is 2. The van der Waals surface area contributed by atoms with Crippen LogP contribution in [0.2, 0.25) is 0 Å². The van der Waals surface area contributed by atoms with Crippen molar-refractivity contribution in [3.63, 3.8) is 0 Å². The van der Waals surface area contributed by atoms with Crippen LogP contribution in [0.25, 0.3) is 0 Å². The lowest BCUT2D eigenvalue weighted by Crippen LogP contribution is -2.47. The molecule has 0 aromatic heterocycles. The van der Waals surface area contributed by atoms with Crippen molar-refractivity contribution in [2.75, 3.05) is 0 Å². The summed E-state index contributed by atoms with van der Waals surface area (Å²) in [6, 6.07) is 4.37. The van der Waals surface area contributed by atoms with Crippen LogP contribution in [0.5, 0.6) is 0 Å². The Hall–Kier alpha value is -0.710. The number of hydrazine groups is 1. The van der Waals surface area contributed by atoms with Crippen molar-refractivity contribution in [1.29, 1.82) is 0 Å². The summed E-state index contributed by atoms with van der Waals surface area (Å²) >= 11 is 4.98. The van der Waals surface area contributed by atoms with Crippen LogP contribution in [0.1, 0.15) is 16.7 Å². The van der Waals surface area contributed by atoms with E-state index < -0.39 is 11.4 Å². The summed E-state index contributed by atoms with van der Waals surface area (Å²) in [5.41, 5.74) is 4.83. The maximum Gasteiger partial charge on any atom is 0.338 e. The van der Waals surface area contributed by atoms with Crippen molar-refractivity contribution in [2.24, 2.45) is 5.84 Å². The van der Waals surface area contributed by atoms with Crippen molar-refractivity contribution in [3.05, 3.63) is 34.9 Å². The van der Waals surface area contributed by atoms with Crippen molar-refractivity contribution >= 4 is 11.6 Å². The van der Waals surface area contributed by atoms with E-state index in [1.807, 2.05) is 32.0 Å². The van der Waals surface area contributed by atoms with Gasteiger partial charge in [0.25, 0.3) is 0 Å². The molecule has 0 aliphatic carbocycles. The van der Waals surface area contributed by atoms with Gasteiger partial charge in [0, 0.05) is 0 Å². The molecule has 0 heterocycles. The quantitative estimate of drug-likeness (QED) is 0.488. The smallest absolute Gasteiger partial charge is 0.271 e. The monoisotopic (exact) mass is 248 g/mol. The minimum atomic E-state index is -3.36. The lowest BCUT2D eigenvalue weighted by molar-refractivity contribution is 0.0502. The van der Waals surface area contributed by atoms with E-state index in [9.17, 15) is 8.78 Å². The highest BCUT2D eigenvalue weighted by Gasteiger charge is 2.36. The van der Waals surface area contributed by atoms with Crippen molar-refractivity contribution < 1.29 is 8.78 Å². The molecule has 0 spiro atoms. The largest absolute Gasteiger partial charge is 0.338 e. The van der Waals surface area contributed by atoms with Crippen LogP contribution < -0.4 is 11.3 Å². The number of alkyl halides is 3. The average molecular weight is 249 g/mol. The van der Waals surface area contributed by atoms with Gasteiger partial charge in [-0.1, -0.05) is 18.2 Å². The Balaban J connectivity index is 2.95. The Labute approximate surface area is 98.8 Å². The zero-order valence-corrected chi connectivity index (χ0v) is 9.98. The number of aryl methyl sites for hydroxylation is 2. The Morgan fingerprint density at radius 2 is 1.88 bits per heavy atom. The lowest BCUT2D eigenvalue weighted by Gasteiger charge is -2.22. The van der Waals surface area contributed by atoms with E-state index in [2.05, 4.69) is 5.43 Å². The molecule has 90 valence electrons. The molecule has 0 saturated carbocycles. The lowest BCUT2D eigenvalue weighted by atomic mass is 9.97. The van der Waals surface area contributed by atoms with Gasteiger partial charge in [-0.15, -0.1) is 0 Å². The van der Waals surface area contributed by atoms with Gasteiger partial charge in [-0.3, -0.25) is 5.84 Å². The van der Waals surface area contributed by atoms with Gasteiger partial charge in [-0.25, -0.2) is 5.43 Å². The SMILES string of the molecule is Cc1cccc(C)c1CC(NN)C(F)(F)Cl. The molecule has 1 atom stereocenters. The van der Waals surface area contributed by atoms with Crippen LogP contribution in [0, 0.1) is 13.8 Å². The molecule has 1 rings (SSSR count). The molecule has 0 amide bonds. The second kappa shape index (κ2) is 5.08. The zero-order chi connectivity index (χ0) is 12.3. The highest BCUT2D eigenvalue weighted by atomic mass is 35.5. The second-order valence-electron chi connectivity index (χ2n) is 3.84. The Kier molecular flexibility index (Phi) is 4.24. The highest BCUT2D eigenvalue weighted by molar-refractivity contribution is 6.22. The van der Waals surface area contributed by atoms with E-state index in [-0.39, 0.29) is 6.42 Å². The minimum absolute atomic E-state index is 0.103. The fourth-order valence-electron chi connectivity index (χ4n) is 1.64. The summed E-state index contributed by atoms with van der Waals surface area (Å²) in [6.45, 7) is 3.75. The van der Waals surface area contributed by atoms with Crippen LogP contribution >= 0.6 is 11.6 Å². The number of halogens is 3. The zero-order valence-electron chi connectivity index (χ0n) is 9.23. The molecule has 1 aromatic carbocycles. The summed E-state index contributed by atoms with van der Waals surface area (Å²) in [6.07, 6.45) is 0.103. The molecule has 0 fully saturated rings. The number of rotatable bonds is 4. The molecule has 0 aliphatic rings. The molecule has 0 saturated heterocycles. The summed E-state index contributed by atoms with van der Waals surface area (Å²) in [5, 5.41) is -3.36. The Bertz CT molecular complexity index is 343. The maximum absolute atomic E-state index is 13.0. The van der Waals surface area contributed by atoms with Crippen molar-refractivity contribution in [3.8, 4) is 0 Å². The molecule has 0 radical (unpaired) electrons. The third-order valence-electron chi connectivity index (χ3n) is 2.65. The molecular weight excluding hydrogens is 234 g/mol. The summed E-state index contributed by atoms with van der Waals surface area (Å²) in [5.74, 6) is 5.09. The summed E-state index contributed by atoms with van der Waals surface area (Å²) in [7, 11) is 0. The molecular formula is C11H15ClF2N2. The predicted molar refractivity (Wildman–Crippen MR) is 61.5 cm³/mol. The van der Waals surface area contributed by atoms with Crippen molar-refractivity contribution in [2.45, 2.75) is 31.7 Å². The fourth-order valence-corrected chi connectivity index (χ4v) is 1.78. The van der Waals surface area contributed by atoms with Crippen LogP contribution in [-0.4, -0.2) is 11.4 Å². The minimum Gasteiger partial charge on any atom is -0.271 e. The van der Waals surface area contributed by atoms with E-state index in [4.69, 9.17) is 17.4 Å². The molecule has 2 nitrogen and oxygen atoms in total. The van der Waals surface area contributed by atoms with Gasteiger partial charge >= 0.3 is 5.38 Å². The van der Waals surface area contributed by atoms with Crippen molar-refractivity contribution in [1.82, 2.24) is 5.43 Å². The van der Waals surface area contributed by atoms with Gasteiger partial charge in [0.15, 0.2) is 0 Å². The van der Waals surface area contributed by atoms with Crippen LogP contribution in [0.3, 0.4) is 0 Å². The summed E-state index contributed by atoms with van der Waals surface area (Å²) in [4.78, 5) is 0. The van der Waals surface area contributed by atoms with Gasteiger partial charge in [0.2, 0.25) is 0 Å². The van der Waals surface area contributed by atoms with Gasteiger partial charge in [0.05, 0.1) is 0 Å². The molecule has 1 unspecified atom stereocenters.